The molecule has 0 aliphatic carbocycles. The third kappa shape index (κ3) is 2.26. The van der Waals surface area contributed by atoms with Crippen molar-refractivity contribution in [2.24, 2.45) is 11.8 Å². The summed E-state index contributed by atoms with van der Waals surface area (Å²) in [5, 5.41) is 0. The van der Waals surface area contributed by atoms with Gasteiger partial charge in [-0.15, -0.1) is 11.3 Å². The topological polar surface area (TPSA) is 3.24 Å². The van der Waals surface area contributed by atoms with E-state index in [0.717, 1.165) is 17.8 Å². The summed E-state index contributed by atoms with van der Waals surface area (Å²) in [7, 11) is 2.25. The maximum Gasteiger partial charge on any atom is 0.0103 e. The van der Waals surface area contributed by atoms with Gasteiger partial charge in [-0.05, 0) is 37.9 Å². The first kappa shape index (κ1) is 11.2. The van der Waals surface area contributed by atoms with Crippen LogP contribution in [-0.2, 0) is 0 Å². The maximum absolute atomic E-state index is 2.48. The summed E-state index contributed by atoms with van der Waals surface area (Å²) < 4.78 is 0. The van der Waals surface area contributed by atoms with Crippen LogP contribution in [0, 0.1) is 18.8 Å². The first-order chi connectivity index (χ1) is 7.08. The van der Waals surface area contributed by atoms with Gasteiger partial charge in [0.2, 0.25) is 0 Å². The molecule has 0 spiro atoms. The van der Waals surface area contributed by atoms with Gasteiger partial charge in [-0.25, -0.2) is 0 Å². The third-order valence-corrected chi connectivity index (χ3v) is 4.66. The van der Waals surface area contributed by atoms with Gasteiger partial charge in [-0.2, -0.15) is 0 Å². The van der Waals surface area contributed by atoms with E-state index in [9.17, 15) is 0 Å². The zero-order valence-electron chi connectivity index (χ0n) is 10.2. The van der Waals surface area contributed by atoms with E-state index in [1.165, 1.54) is 18.0 Å². The number of hydrogen-bond donors (Lipinski definition) is 0. The van der Waals surface area contributed by atoms with Gasteiger partial charge < -0.3 is 4.90 Å². The highest BCUT2D eigenvalue weighted by molar-refractivity contribution is 7.12. The molecule has 0 aromatic carbocycles. The Morgan fingerprint density at radius 1 is 1.33 bits per heavy atom. The number of aryl methyl sites for hydroxylation is 1. The van der Waals surface area contributed by atoms with E-state index in [2.05, 4.69) is 44.9 Å². The van der Waals surface area contributed by atoms with Gasteiger partial charge in [-0.3, -0.25) is 0 Å². The Labute approximate surface area is 97.1 Å². The largest absolute Gasteiger partial charge is 0.305 e. The molecule has 1 nitrogen and oxygen atoms in total. The van der Waals surface area contributed by atoms with Gasteiger partial charge in [0.1, 0.15) is 0 Å². The van der Waals surface area contributed by atoms with Crippen molar-refractivity contribution in [1.29, 1.82) is 0 Å². The van der Waals surface area contributed by atoms with Crippen LogP contribution in [-0.4, -0.2) is 25.0 Å². The highest BCUT2D eigenvalue weighted by Crippen LogP contribution is 2.39. The second-order valence-electron chi connectivity index (χ2n) is 5.18. The van der Waals surface area contributed by atoms with Gasteiger partial charge >= 0.3 is 0 Å². The number of thiophene rings is 1. The highest BCUT2D eigenvalue weighted by atomic mass is 32.1. The summed E-state index contributed by atoms with van der Waals surface area (Å²) in [6, 6.07) is 4.59. The Hall–Kier alpha value is -0.340. The summed E-state index contributed by atoms with van der Waals surface area (Å²) in [6.07, 6.45) is 0. The zero-order chi connectivity index (χ0) is 11.0. The van der Waals surface area contributed by atoms with Crippen LogP contribution in [0.3, 0.4) is 0 Å². The van der Waals surface area contributed by atoms with Crippen molar-refractivity contribution in [3.05, 3.63) is 21.9 Å². The fourth-order valence-corrected chi connectivity index (χ4v) is 3.71. The predicted octanol–water partition coefficient (Wildman–Crippen LogP) is 3.36. The lowest BCUT2D eigenvalue weighted by atomic mass is 9.85. The third-order valence-electron chi connectivity index (χ3n) is 3.53. The van der Waals surface area contributed by atoms with Gasteiger partial charge in [0, 0.05) is 28.8 Å². The Kier molecular flexibility index (Phi) is 3.17. The number of likely N-dealkylation sites (N-methyl/N-ethyl adjacent to an activating group) is 1. The van der Waals surface area contributed by atoms with Crippen LogP contribution >= 0.6 is 11.3 Å². The van der Waals surface area contributed by atoms with E-state index >= 15 is 0 Å². The molecular formula is C13H21NS. The van der Waals surface area contributed by atoms with Crippen molar-refractivity contribution in [1.82, 2.24) is 4.90 Å². The average molecular weight is 223 g/mol. The SMILES string of the molecule is Cc1ccc(C2CN(C)CC2C(C)C)s1. The number of hydrogen-bond acceptors (Lipinski definition) is 2. The molecule has 0 bridgehead atoms. The quantitative estimate of drug-likeness (QED) is 0.743. The Morgan fingerprint density at radius 3 is 2.60 bits per heavy atom. The van der Waals surface area contributed by atoms with E-state index in [0.29, 0.717) is 0 Å². The summed E-state index contributed by atoms with van der Waals surface area (Å²) in [5.41, 5.74) is 0. The van der Waals surface area contributed by atoms with Crippen molar-refractivity contribution in [2.75, 3.05) is 20.1 Å². The smallest absolute Gasteiger partial charge is 0.0103 e. The lowest BCUT2D eigenvalue weighted by molar-refractivity contribution is 0.345. The normalized spacial score (nSPS) is 27.8. The first-order valence-electron chi connectivity index (χ1n) is 5.83. The summed E-state index contributed by atoms with van der Waals surface area (Å²) in [4.78, 5) is 5.52. The minimum Gasteiger partial charge on any atom is -0.305 e. The molecule has 2 unspecified atom stereocenters. The number of rotatable bonds is 2. The lowest BCUT2D eigenvalue weighted by Crippen LogP contribution is -2.17. The maximum atomic E-state index is 2.48. The van der Waals surface area contributed by atoms with E-state index in [4.69, 9.17) is 0 Å². The first-order valence-corrected chi connectivity index (χ1v) is 6.64. The van der Waals surface area contributed by atoms with E-state index in [1.54, 1.807) is 4.88 Å². The molecule has 1 aromatic rings. The molecule has 1 saturated heterocycles. The number of likely N-dealkylation sites (tertiary alicyclic amines) is 1. The fraction of sp³-hybridized carbons (Fsp3) is 0.692. The molecule has 84 valence electrons. The second kappa shape index (κ2) is 4.26. The average Bonchev–Trinajstić information content (AvgIpc) is 2.71. The molecular weight excluding hydrogens is 202 g/mol. The standard InChI is InChI=1S/C13H21NS/c1-9(2)11-7-14(4)8-12(11)13-6-5-10(3)15-13/h5-6,9,11-12H,7-8H2,1-4H3. The molecule has 1 aliphatic rings. The van der Waals surface area contributed by atoms with Gasteiger partial charge in [0.05, 0.1) is 0 Å². The monoisotopic (exact) mass is 223 g/mol. The molecule has 0 amide bonds. The molecule has 1 fully saturated rings. The summed E-state index contributed by atoms with van der Waals surface area (Å²) in [5.74, 6) is 2.41. The van der Waals surface area contributed by atoms with E-state index in [1.807, 2.05) is 11.3 Å². The van der Waals surface area contributed by atoms with Crippen LogP contribution in [0.1, 0.15) is 29.5 Å². The summed E-state index contributed by atoms with van der Waals surface area (Å²) in [6.45, 7) is 9.42. The van der Waals surface area contributed by atoms with E-state index in [-0.39, 0.29) is 0 Å². The number of nitrogens with zero attached hydrogens (tertiary/aromatic N) is 1. The van der Waals surface area contributed by atoms with Crippen LogP contribution in [0.25, 0.3) is 0 Å². The van der Waals surface area contributed by atoms with Gasteiger partial charge in [0.25, 0.3) is 0 Å². The van der Waals surface area contributed by atoms with Crippen LogP contribution in [0.2, 0.25) is 0 Å². The highest BCUT2D eigenvalue weighted by Gasteiger charge is 2.34. The van der Waals surface area contributed by atoms with Gasteiger partial charge in [-0.1, -0.05) is 13.8 Å². The molecule has 0 saturated carbocycles. The Morgan fingerprint density at radius 2 is 2.07 bits per heavy atom. The fourth-order valence-electron chi connectivity index (χ4n) is 2.66. The molecule has 1 aromatic heterocycles. The van der Waals surface area contributed by atoms with Crippen LogP contribution < -0.4 is 0 Å². The van der Waals surface area contributed by atoms with E-state index < -0.39 is 0 Å². The van der Waals surface area contributed by atoms with Crippen LogP contribution in [0.5, 0.6) is 0 Å². The lowest BCUT2D eigenvalue weighted by Gasteiger charge is -2.20. The molecule has 2 rings (SSSR count). The molecule has 0 radical (unpaired) electrons. The van der Waals surface area contributed by atoms with Crippen LogP contribution in [0.4, 0.5) is 0 Å². The van der Waals surface area contributed by atoms with Crippen molar-refractivity contribution < 1.29 is 0 Å². The van der Waals surface area contributed by atoms with Crippen molar-refractivity contribution in [3.8, 4) is 0 Å². The second-order valence-corrected chi connectivity index (χ2v) is 6.50. The van der Waals surface area contributed by atoms with Gasteiger partial charge in [0.15, 0.2) is 0 Å². The van der Waals surface area contributed by atoms with Crippen molar-refractivity contribution in [2.45, 2.75) is 26.7 Å². The predicted molar refractivity (Wildman–Crippen MR) is 67.6 cm³/mol. The minimum atomic E-state index is 0.772. The zero-order valence-corrected chi connectivity index (χ0v) is 11.0. The molecule has 2 heterocycles. The molecule has 15 heavy (non-hydrogen) atoms. The van der Waals surface area contributed by atoms with Crippen molar-refractivity contribution in [3.63, 3.8) is 0 Å². The molecule has 2 heteroatoms. The Bertz CT molecular complexity index is 329. The summed E-state index contributed by atoms with van der Waals surface area (Å²) >= 11 is 1.98. The Balaban J connectivity index is 2.20. The van der Waals surface area contributed by atoms with Crippen molar-refractivity contribution >= 4 is 11.3 Å². The molecule has 1 aliphatic heterocycles. The van der Waals surface area contributed by atoms with Crippen LogP contribution in [0.15, 0.2) is 12.1 Å². The minimum absolute atomic E-state index is 0.772. The molecule has 0 N–H and O–H groups in total. The molecule has 2 atom stereocenters.